The summed E-state index contributed by atoms with van der Waals surface area (Å²) in [6.45, 7) is 0. The zero-order valence-electron chi connectivity index (χ0n) is 15.5. The number of benzene rings is 2. The smallest absolute Gasteiger partial charge is 0.211 e. The van der Waals surface area contributed by atoms with Gasteiger partial charge in [0.1, 0.15) is 5.76 Å². The van der Waals surface area contributed by atoms with Crippen LogP contribution in [0.4, 0.5) is 0 Å². The molecule has 0 aliphatic heterocycles. The van der Waals surface area contributed by atoms with Crippen LogP contribution in [0.15, 0.2) is 69.4 Å². The first-order valence-corrected chi connectivity index (χ1v) is 9.43. The topological polar surface area (TPSA) is 58.9 Å². The van der Waals surface area contributed by atoms with E-state index in [-0.39, 0.29) is 5.43 Å². The van der Waals surface area contributed by atoms with Gasteiger partial charge in [-0.15, -0.1) is 0 Å². The summed E-state index contributed by atoms with van der Waals surface area (Å²) in [6.07, 6.45) is 2.07. The first-order valence-electron chi connectivity index (χ1n) is 9.43. The molecule has 0 atom stereocenters. The third-order valence-electron chi connectivity index (χ3n) is 5.59. The Kier molecular flexibility index (Phi) is 3.70. The van der Waals surface area contributed by atoms with Gasteiger partial charge >= 0.3 is 0 Å². The summed E-state index contributed by atoms with van der Waals surface area (Å²) in [5.41, 5.74) is 4.30. The van der Waals surface area contributed by atoms with Gasteiger partial charge in [0, 0.05) is 30.0 Å². The van der Waals surface area contributed by atoms with Gasteiger partial charge in [-0.25, -0.2) is 0 Å². The minimum atomic E-state index is -0.0541. The molecule has 136 valence electrons. The molecule has 4 aromatic rings. The summed E-state index contributed by atoms with van der Waals surface area (Å²) in [4.78, 5) is 13.8. The standard InChI is InChI=1S/C24H18N2O2/c1-26-18-12-6-5-11-17(18)21-23(27)22-19(28-24(21)26)13-7-10-16(14-25)20(22)15-8-3-2-4-9-15/h2-6,8-9,11-12H,7,10,13H2,1H3. The van der Waals surface area contributed by atoms with Gasteiger partial charge in [-0.2, -0.15) is 5.26 Å². The second kappa shape index (κ2) is 6.24. The van der Waals surface area contributed by atoms with Crippen molar-refractivity contribution in [2.45, 2.75) is 19.3 Å². The predicted octanol–water partition coefficient (Wildman–Crippen LogP) is 4.95. The van der Waals surface area contributed by atoms with Crippen molar-refractivity contribution in [3.05, 3.63) is 87.3 Å². The molecule has 1 aliphatic rings. The Balaban J connectivity index is 1.97. The van der Waals surface area contributed by atoms with Crippen LogP contribution in [0.3, 0.4) is 0 Å². The molecule has 0 saturated carbocycles. The van der Waals surface area contributed by atoms with Crippen molar-refractivity contribution in [1.29, 1.82) is 5.26 Å². The maximum absolute atomic E-state index is 13.8. The molecule has 2 aromatic carbocycles. The number of para-hydroxylation sites is 1. The van der Waals surface area contributed by atoms with Gasteiger partial charge in [0.05, 0.1) is 22.5 Å². The van der Waals surface area contributed by atoms with Gasteiger partial charge in [-0.05, 0) is 24.5 Å². The van der Waals surface area contributed by atoms with Gasteiger partial charge in [0.25, 0.3) is 0 Å². The van der Waals surface area contributed by atoms with Crippen molar-refractivity contribution in [3.8, 4) is 6.07 Å². The van der Waals surface area contributed by atoms with Gasteiger partial charge in [-0.1, -0.05) is 48.5 Å². The van der Waals surface area contributed by atoms with Crippen molar-refractivity contribution in [1.82, 2.24) is 4.57 Å². The van der Waals surface area contributed by atoms with E-state index in [1.807, 2.05) is 66.2 Å². The van der Waals surface area contributed by atoms with E-state index in [4.69, 9.17) is 4.42 Å². The lowest BCUT2D eigenvalue weighted by atomic mass is 9.92. The molecule has 0 unspecified atom stereocenters. The molecule has 0 fully saturated rings. The molecule has 1 aliphatic carbocycles. The van der Waals surface area contributed by atoms with Crippen molar-refractivity contribution in [2.24, 2.45) is 7.05 Å². The molecule has 5 rings (SSSR count). The maximum Gasteiger partial charge on any atom is 0.211 e. The Morgan fingerprint density at radius 2 is 1.79 bits per heavy atom. The zero-order valence-corrected chi connectivity index (χ0v) is 15.5. The summed E-state index contributed by atoms with van der Waals surface area (Å²) in [6, 6.07) is 19.9. The van der Waals surface area contributed by atoms with Crippen LogP contribution < -0.4 is 5.43 Å². The Morgan fingerprint density at radius 3 is 2.57 bits per heavy atom. The van der Waals surface area contributed by atoms with Gasteiger partial charge in [0.15, 0.2) is 0 Å². The summed E-state index contributed by atoms with van der Waals surface area (Å²) in [5, 5.41) is 11.3. The highest BCUT2D eigenvalue weighted by Gasteiger charge is 2.27. The van der Waals surface area contributed by atoms with E-state index in [0.29, 0.717) is 40.8 Å². The second-order valence-electron chi connectivity index (χ2n) is 7.17. The number of allylic oxidation sites excluding steroid dienone is 1. The average Bonchev–Trinajstić information content (AvgIpc) is 2.89. The van der Waals surface area contributed by atoms with Crippen molar-refractivity contribution >= 4 is 27.6 Å². The number of hydrogen-bond acceptors (Lipinski definition) is 3. The SMILES string of the molecule is Cn1c2ccccc2c2c(=O)c3c(oc21)CCCC(C#N)=C3c1ccccc1. The number of fused-ring (bicyclic) bond motifs is 4. The van der Waals surface area contributed by atoms with E-state index in [9.17, 15) is 10.1 Å². The first kappa shape index (κ1) is 16.6. The minimum Gasteiger partial charge on any atom is -0.444 e. The van der Waals surface area contributed by atoms with E-state index in [1.54, 1.807) is 0 Å². The van der Waals surface area contributed by atoms with Crippen molar-refractivity contribution in [2.75, 3.05) is 0 Å². The first-order chi connectivity index (χ1) is 13.7. The van der Waals surface area contributed by atoms with Crippen LogP contribution in [0, 0.1) is 11.3 Å². The highest BCUT2D eigenvalue weighted by Crippen LogP contribution is 2.36. The number of nitrogens with zero attached hydrogens (tertiary/aromatic N) is 2. The minimum absolute atomic E-state index is 0.0541. The molecule has 2 aromatic heterocycles. The molecule has 0 amide bonds. The lowest BCUT2D eigenvalue weighted by Crippen LogP contribution is -2.13. The third kappa shape index (κ3) is 2.26. The lowest BCUT2D eigenvalue weighted by Gasteiger charge is -2.12. The molecule has 0 saturated heterocycles. The summed E-state index contributed by atoms with van der Waals surface area (Å²) in [7, 11) is 1.92. The molecule has 4 heteroatoms. The fourth-order valence-corrected chi connectivity index (χ4v) is 4.29. The quantitative estimate of drug-likeness (QED) is 0.479. The number of hydrogen-bond donors (Lipinski definition) is 0. The molecule has 0 spiro atoms. The van der Waals surface area contributed by atoms with Crippen LogP contribution in [0.25, 0.3) is 27.6 Å². The third-order valence-corrected chi connectivity index (χ3v) is 5.59. The van der Waals surface area contributed by atoms with Gasteiger partial charge in [0.2, 0.25) is 11.1 Å². The van der Waals surface area contributed by atoms with Crippen LogP contribution in [0.1, 0.15) is 29.7 Å². The average molecular weight is 366 g/mol. The summed E-state index contributed by atoms with van der Waals surface area (Å²) >= 11 is 0. The normalized spacial score (nSPS) is 14.1. The second-order valence-corrected chi connectivity index (χ2v) is 7.17. The molecule has 0 radical (unpaired) electrons. The molecule has 0 bridgehead atoms. The van der Waals surface area contributed by atoms with E-state index in [2.05, 4.69) is 6.07 Å². The molecule has 28 heavy (non-hydrogen) atoms. The Morgan fingerprint density at radius 1 is 1.04 bits per heavy atom. The number of aryl methyl sites for hydroxylation is 2. The Hall–Kier alpha value is -3.58. The zero-order chi connectivity index (χ0) is 19.3. The van der Waals surface area contributed by atoms with Crippen LogP contribution in [0.2, 0.25) is 0 Å². The Bertz CT molecular complexity index is 1370. The fraction of sp³-hybridized carbons (Fsp3) is 0.167. The number of aromatic nitrogens is 1. The highest BCUT2D eigenvalue weighted by molar-refractivity contribution is 6.07. The molecular formula is C24H18N2O2. The van der Waals surface area contributed by atoms with Crippen LogP contribution in [-0.4, -0.2) is 4.57 Å². The van der Waals surface area contributed by atoms with Crippen LogP contribution in [0.5, 0.6) is 0 Å². The van der Waals surface area contributed by atoms with Crippen LogP contribution in [-0.2, 0) is 13.5 Å². The number of nitriles is 1. The highest BCUT2D eigenvalue weighted by atomic mass is 16.3. The van der Waals surface area contributed by atoms with Crippen molar-refractivity contribution in [3.63, 3.8) is 0 Å². The molecular weight excluding hydrogens is 348 g/mol. The summed E-state index contributed by atoms with van der Waals surface area (Å²) < 4.78 is 8.26. The van der Waals surface area contributed by atoms with E-state index in [1.165, 1.54) is 0 Å². The van der Waals surface area contributed by atoms with E-state index < -0.39 is 0 Å². The van der Waals surface area contributed by atoms with Crippen molar-refractivity contribution < 1.29 is 4.42 Å². The fourth-order valence-electron chi connectivity index (χ4n) is 4.29. The number of rotatable bonds is 1. The van der Waals surface area contributed by atoms with E-state index in [0.717, 1.165) is 28.5 Å². The predicted molar refractivity (Wildman–Crippen MR) is 110 cm³/mol. The monoisotopic (exact) mass is 366 g/mol. The molecule has 4 nitrogen and oxygen atoms in total. The lowest BCUT2D eigenvalue weighted by molar-refractivity contribution is 0.508. The van der Waals surface area contributed by atoms with Crippen LogP contribution >= 0.6 is 0 Å². The maximum atomic E-state index is 13.8. The van der Waals surface area contributed by atoms with Gasteiger partial charge in [-0.3, -0.25) is 4.79 Å². The molecule has 2 heterocycles. The largest absolute Gasteiger partial charge is 0.444 e. The Labute approximate surface area is 161 Å². The molecule has 0 N–H and O–H groups in total. The van der Waals surface area contributed by atoms with Gasteiger partial charge < -0.3 is 8.98 Å². The van der Waals surface area contributed by atoms with E-state index >= 15 is 0 Å². The summed E-state index contributed by atoms with van der Waals surface area (Å²) in [5.74, 6) is 0.674.